The van der Waals surface area contributed by atoms with Gasteiger partial charge in [-0.05, 0) is 37.5 Å². The van der Waals surface area contributed by atoms with Crippen LogP contribution in [0.2, 0.25) is 0 Å². The maximum Gasteiger partial charge on any atom is 0.0991 e. The monoisotopic (exact) mass is 214 g/mol. The summed E-state index contributed by atoms with van der Waals surface area (Å²) in [4.78, 5) is 0. The number of hydrogen-bond donors (Lipinski definition) is 1. The van der Waals surface area contributed by atoms with Gasteiger partial charge in [0.2, 0.25) is 0 Å². The van der Waals surface area contributed by atoms with Crippen molar-refractivity contribution in [2.24, 2.45) is 0 Å². The molecule has 84 valence electrons. The van der Waals surface area contributed by atoms with Crippen molar-refractivity contribution in [1.29, 1.82) is 5.26 Å². The summed E-state index contributed by atoms with van der Waals surface area (Å²) in [5.41, 5.74) is 2.26. The van der Waals surface area contributed by atoms with Crippen LogP contribution < -0.4 is 5.32 Å². The molecule has 0 spiro atoms. The summed E-state index contributed by atoms with van der Waals surface area (Å²) in [5.74, 6) is 0. The Morgan fingerprint density at radius 2 is 2.12 bits per heavy atom. The van der Waals surface area contributed by atoms with E-state index in [2.05, 4.69) is 24.4 Å². The average molecular weight is 214 g/mol. The lowest BCUT2D eigenvalue weighted by atomic mass is 10.00. The van der Waals surface area contributed by atoms with Gasteiger partial charge >= 0.3 is 0 Å². The minimum absolute atomic E-state index is 0.308. The van der Waals surface area contributed by atoms with Gasteiger partial charge in [0.1, 0.15) is 0 Å². The lowest BCUT2D eigenvalue weighted by Crippen LogP contribution is -2.38. The Kier molecular flexibility index (Phi) is 3.26. The third kappa shape index (κ3) is 2.62. The highest BCUT2D eigenvalue weighted by atomic mass is 15.0. The van der Waals surface area contributed by atoms with Gasteiger partial charge < -0.3 is 5.32 Å². The standard InChI is InChI=1S/C14H18N2/c1-14(7-2-3-8-14)16-11-13-6-4-5-12(9-13)10-15/h4-6,9,16H,2-3,7-8,11H2,1H3. The summed E-state index contributed by atoms with van der Waals surface area (Å²) in [6, 6.07) is 10.0. The van der Waals surface area contributed by atoms with Gasteiger partial charge in [-0.15, -0.1) is 0 Å². The predicted octanol–water partition coefficient (Wildman–Crippen LogP) is 2.98. The van der Waals surface area contributed by atoms with E-state index in [1.54, 1.807) is 0 Å². The normalized spacial score (nSPS) is 18.2. The van der Waals surface area contributed by atoms with Gasteiger partial charge in [-0.25, -0.2) is 0 Å². The van der Waals surface area contributed by atoms with E-state index >= 15 is 0 Å². The van der Waals surface area contributed by atoms with Crippen LogP contribution in [0, 0.1) is 11.3 Å². The van der Waals surface area contributed by atoms with Gasteiger partial charge in [-0.3, -0.25) is 0 Å². The van der Waals surface area contributed by atoms with Crippen molar-refractivity contribution in [2.75, 3.05) is 0 Å². The van der Waals surface area contributed by atoms with E-state index in [1.165, 1.54) is 31.2 Å². The molecular weight excluding hydrogens is 196 g/mol. The molecule has 1 aliphatic rings. The largest absolute Gasteiger partial charge is 0.307 e. The van der Waals surface area contributed by atoms with Gasteiger partial charge in [0.25, 0.3) is 0 Å². The molecular formula is C14H18N2. The lowest BCUT2D eigenvalue weighted by molar-refractivity contribution is 0.363. The van der Waals surface area contributed by atoms with E-state index in [0.29, 0.717) is 5.54 Å². The first-order chi connectivity index (χ1) is 7.72. The Labute approximate surface area is 97.3 Å². The van der Waals surface area contributed by atoms with Gasteiger partial charge in [-0.2, -0.15) is 5.26 Å². The van der Waals surface area contributed by atoms with Crippen LogP contribution in [0.3, 0.4) is 0 Å². The van der Waals surface area contributed by atoms with Gasteiger partial charge in [0.05, 0.1) is 11.6 Å². The van der Waals surface area contributed by atoms with Crippen molar-refractivity contribution in [1.82, 2.24) is 5.32 Å². The Morgan fingerprint density at radius 3 is 2.81 bits per heavy atom. The number of nitriles is 1. The minimum atomic E-state index is 0.308. The number of benzene rings is 1. The molecule has 0 bridgehead atoms. The number of rotatable bonds is 3. The summed E-state index contributed by atoms with van der Waals surface area (Å²) in [5, 5.41) is 12.4. The highest BCUT2D eigenvalue weighted by molar-refractivity contribution is 5.32. The topological polar surface area (TPSA) is 35.8 Å². The number of hydrogen-bond acceptors (Lipinski definition) is 2. The van der Waals surface area contributed by atoms with Crippen LogP contribution in [0.15, 0.2) is 24.3 Å². The average Bonchev–Trinajstić information content (AvgIpc) is 2.75. The maximum absolute atomic E-state index is 8.82. The molecule has 0 heterocycles. The second kappa shape index (κ2) is 4.67. The van der Waals surface area contributed by atoms with Crippen LogP contribution >= 0.6 is 0 Å². The molecule has 2 rings (SSSR count). The Bertz CT molecular complexity index is 397. The van der Waals surface area contributed by atoms with Crippen LogP contribution in [-0.4, -0.2) is 5.54 Å². The fraction of sp³-hybridized carbons (Fsp3) is 0.500. The molecule has 0 amide bonds. The van der Waals surface area contributed by atoms with Crippen molar-refractivity contribution < 1.29 is 0 Å². The molecule has 0 atom stereocenters. The second-order valence-corrected chi connectivity index (χ2v) is 4.93. The molecule has 0 unspecified atom stereocenters. The molecule has 1 aliphatic carbocycles. The molecule has 2 nitrogen and oxygen atoms in total. The lowest BCUT2D eigenvalue weighted by Gasteiger charge is -2.25. The summed E-state index contributed by atoms with van der Waals surface area (Å²) < 4.78 is 0. The molecule has 0 aliphatic heterocycles. The Balaban J connectivity index is 1.96. The quantitative estimate of drug-likeness (QED) is 0.839. The summed E-state index contributed by atoms with van der Waals surface area (Å²) in [7, 11) is 0. The van der Waals surface area contributed by atoms with E-state index in [0.717, 1.165) is 12.1 Å². The van der Waals surface area contributed by atoms with E-state index in [4.69, 9.17) is 5.26 Å². The highest BCUT2D eigenvalue weighted by Gasteiger charge is 2.27. The van der Waals surface area contributed by atoms with Crippen molar-refractivity contribution in [3.05, 3.63) is 35.4 Å². The molecule has 1 saturated carbocycles. The molecule has 1 aromatic rings. The zero-order valence-electron chi connectivity index (χ0n) is 9.79. The predicted molar refractivity (Wildman–Crippen MR) is 64.9 cm³/mol. The van der Waals surface area contributed by atoms with Crippen LogP contribution in [0.1, 0.15) is 43.7 Å². The van der Waals surface area contributed by atoms with Crippen molar-refractivity contribution in [3.63, 3.8) is 0 Å². The molecule has 0 radical (unpaired) electrons. The summed E-state index contributed by atoms with van der Waals surface area (Å²) >= 11 is 0. The van der Waals surface area contributed by atoms with Gasteiger partial charge in [0, 0.05) is 12.1 Å². The number of nitrogens with zero attached hydrogens (tertiary/aromatic N) is 1. The van der Waals surface area contributed by atoms with E-state index in [-0.39, 0.29) is 0 Å². The second-order valence-electron chi connectivity index (χ2n) is 4.93. The first-order valence-electron chi connectivity index (χ1n) is 5.96. The fourth-order valence-corrected chi connectivity index (χ4v) is 2.40. The first kappa shape index (κ1) is 11.2. The molecule has 1 fully saturated rings. The zero-order chi connectivity index (χ0) is 11.4. The molecule has 16 heavy (non-hydrogen) atoms. The molecule has 2 heteroatoms. The fourth-order valence-electron chi connectivity index (χ4n) is 2.40. The summed E-state index contributed by atoms with van der Waals surface area (Å²) in [6.07, 6.45) is 5.21. The molecule has 0 aromatic heterocycles. The minimum Gasteiger partial charge on any atom is -0.307 e. The molecule has 1 N–H and O–H groups in total. The van der Waals surface area contributed by atoms with E-state index in [1.807, 2.05) is 18.2 Å². The summed E-state index contributed by atoms with van der Waals surface area (Å²) in [6.45, 7) is 3.17. The SMILES string of the molecule is CC1(NCc2cccc(C#N)c2)CCCC1. The Hall–Kier alpha value is -1.33. The maximum atomic E-state index is 8.82. The molecule has 1 aromatic carbocycles. The first-order valence-corrected chi connectivity index (χ1v) is 5.96. The Morgan fingerprint density at radius 1 is 1.38 bits per heavy atom. The number of nitrogens with one attached hydrogen (secondary N) is 1. The molecule has 0 saturated heterocycles. The highest BCUT2D eigenvalue weighted by Crippen LogP contribution is 2.29. The third-order valence-corrected chi connectivity index (χ3v) is 3.48. The van der Waals surface area contributed by atoms with Crippen molar-refractivity contribution >= 4 is 0 Å². The van der Waals surface area contributed by atoms with Crippen LogP contribution in [0.4, 0.5) is 0 Å². The van der Waals surface area contributed by atoms with Crippen LogP contribution in [0.25, 0.3) is 0 Å². The van der Waals surface area contributed by atoms with Crippen molar-refractivity contribution in [2.45, 2.75) is 44.7 Å². The van der Waals surface area contributed by atoms with E-state index < -0.39 is 0 Å². The van der Waals surface area contributed by atoms with Gasteiger partial charge in [-0.1, -0.05) is 25.0 Å². The van der Waals surface area contributed by atoms with Gasteiger partial charge in [0.15, 0.2) is 0 Å². The third-order valence-electron chi connectivity index (χ3n) is 3.48. The van der Waals surface area contributed by atoms with Crippen LogP contribution in [-0.2, 0) is 6.54 Å². The zero-order valence-corrected chi connectivity index (χ0v) is 9.79. The van der Waals surface area contributed by atoms with Crippen LogP contribution in [0.5, 0.6) is 0 Å². The smallest absolute Gasteiger partial charge is 0.0991 e. The van der Waals surface area contributed by atoms with E-state index in [9.17, 15) is 0 Å². The van der Waals surface area contributed by atoms with Crippen molar-refractivity contribution in [3.8, 4) is 6.07 Å².